The second kappa shape index (κ2) is 6.99. The highest BCUT2D eigenvalue weighted by Gasteiger charge is 2.06. The Hall–Kier alpha value is -1.58. The molecule has 0 aliphatic carbocycles. The molecule has 18 heavy (non-hydrogen) atoms. The highest BCUT2D eigenvalue weighted by molar-refractivity contribution is 6.50. The van der Waals surface area contributed by atoms with E-state index in [2.05, 4.69) is 18.5 Å². The van der Waals surface area contributed by atoms with Crippen molar-refractivity contribution in [1.29, 1.82) is 0 Å². The Balaban J connectivity index is 2.66. The summed E-state index contributed by atoms with van der Waals surface area (Å²) in [7, 11) is 1.79. The van der Waals surface area contributed by atoms with E-state index in [1.165, 1.54) is 11.6 Å². The van der Waals surface area contributed by atoms with Crippen molar-refractivity contribution in [2.75, 3.05) is 6.61 Å². The summed E-state index contributed by atoms with van der Waals surface area (Å²) in [5.74, 6) is -0.432. The first-order valence-corrected chi connectivity index (χ1v) is 6.00. The van der Waals surface area contributed by atoms with Gasteiger partial charge in [-0.25, -0.2) is 9.37 Å². The van der Waals surface area contributed by atoms with Crippen LogP contribution in [0.3, 0.4) is 0 Å². The van der Waals surface area contributed by atoms with Crippen LogP contribution < -0.4 is 10.3 Å². The van der Waals surface area contributed by atoms with Crippen LogP contribution >= 0.6 is 0 Å². The molecule has 4 heteroatoms. The molecule has 0 N–H and O–H groups in total. The molecule has 0 saturated heterocycles. The van der Waals surface area contributed by atoms with Crippen LogP contribution in [0.25, 0.3) is 0 Å². The van der Waals surface area contributed by atoms with Gasteiger partial charge in [0.05, 0.1) is 0 Å². The number of rotatable bonds is 6. The number of ether oxygens (including phenoxy) is 1. The number of hydrogen-bond donors (Lipinski definition) is 0. The Morgan fingerprint density at radius 1 is 1.56 bits per heavy atom. The van der Waals surface area contributed by atoms with Gasteiger partial charge in [-0.15, -0.1) is 0 Å². The average Bonchev–Trinajstić information content (AvgIpc) is 2.37. The summed E-state index contributed by atoms with van der Waals surface area (Å²) in [6, 6.07) is 2.96. The second-order valence-electron chi connectivity index (χ2n) is 4.10. The van der Waals surface area contributed by atoms with E-state index in [0.717, 1.165) is 12.0 Å². The molecule has 1 rings (SSSR count). The molecular formula is C14H18BFNO. The summed E-state index contributed by atoms with van der Waals surface area (Å²) in [5, 5.41) is 0. The van der Waals surface area contributed by atoms with Crippen LogP contribution in [0.5, 0.6) is 5.88 Å². The van der Waals surface area contributed by atoms with E-state index in [9.17, 15) is 4.39 Å². The summed E-state index contributed by atoms with van der Waals surface area (Å²) < 4.78 is 18.8. The summed E-state index contributed by atoms with van der Waals surface area (Å²) in [4.78, 5) is 4.05. The van der Waals surface area contributed by atoms with Crippen molar-refractivity contribution in [3.63, 3.8) is 0 Å². The van der Waals surface area contributed by atoms with Crippen LogP contribution in [-0.4, -0.2) is 18.9 Å². The maximum Gasteiger partial charge on any atom is 0.250 e. The van der Waals surface area contributed by atoms with Gasteiger partial charge in [0.15, 0.2) is 13.1 Å². The van der Waals surface area contributed by atoms with Gasteiger partial charge in [-0.05, 0) is 31.1 Å². The van der Waals surface area contributed by atoms with Crippen LogP contribution in [0.15, 0.2) is 35.9 Å². The van der Waals surface area contributed by atoms with Gasteiger partial charge < -0.3 is 4.74 Å². The average molecular weight is 246 g/mol. The van der Waals surface area contributed by atoms with Gasteiger partial charge in [0.1, 0.15) is 6.61 Å². The molecule has 1 aromatic heterocycles. The van der Waals surface area contributed by atoms with Crippen LogP contribution in [0.4, 0.5) is 4.39 Å². The highest BCUT2D eigenvalue weighted by Crippen LogP contribution is 2.12. The molecule has 0 aromatic carbocycles. The zero-order valence-electron chi connectivity index (χ0n) is 11.2. The normalized spacial score (nSPS) is 11.2. The van der Waals surface area contributed by atoms with Gasteiger partial charge in [-0.2, -0.15) is 0 Å². The number of halogens is 1. The SMILES string of the molecule is C=C(/C=C(\C)CC)COc1nc([B]C)ccc1F. The minimum Gasteiger partial charge on any atom is -0.471 e. The number of aromatic nitrogens is 1. The lowest BCUT2D eigenvalue weighted by molar-refractivity contribution is 0.321. The van der Waals surface area contributed by atoms with E-state index < -0.39 is 5.82 Å². The zero-order chi connectivity index (χ0) is 13.5. The lowest BCUT2D eigenvalue weighted by Gasteiger charge is -2.08. The third-order valence-corrected chi connectivity index (χ3v) is 2.53. The molecule has 0 spiro atoms. The van der Waals surface area contributed by atoms with Gasteiger partial charge in [-0.1, -0.05) is 32.0 Å². The summed E-state index contributed by atoms with van der Waals surface area (Å²) in [6.45, 7) is 10.1. The Morgan fingerprint density at radius 2 is 2.28 bits per heavy atom. The molecule has 0 atom stereocenters. The smallest absolute Gasteiger partial charge is 0.250 e. The lowest BCUT2D eigenvalue weighted by Crippen LogP contribution is -2.17. The van der Waals surface area contributed by atoms with Crippen molar-refractivity contribution in [2.45, 2.75) is 27.1 Å². The molecule has 1 heterocycles. The standard InChI is InChI=1S/C14H18BFNO/c1-5-10(2)8-11(3)9-18-14-12(16)6-7-13(15-4)17-14/h6-8H,3,5,9H2,1-2,4H3/b10-8+. The summed E-state index contributed by atoms with van der Waals surface area (Å²) >= 11 is 0. The molecule has 0 amide bonds. The van der Waals surface area contributed by atoms with E-state index in [0.29, 0.717) is 5.59 Å². The molecule has 0 aliphatic rings. The van der Waals surface area contributed by atoms with E-state index in [-0.39, 0.29) is 12.5 Å². The molecule has 0 fully saturated rings. The lowest BCUT2D eigenvalue weighted by atomic mass is 9.78. The van der Waals surface area contributed by atoms with Gasteiger partial charge in [-0.3, -0.25) is 0 Å². The van der Waals surface area contributed by atoms with Crippen molar-refractivity contribution in [1.82, 2.24) is 4.98 Å². The fourth-order valence-corrected chi connectivity index (χ4v) is 1.35. The third-order valence-electron chi connectivity index (χ3n) is 2.53. The van der Waals surface area contributed by atoms with Crippen molar-refractivity contribution >= 4 is 12.9 Å². The fraction of sp³-hybridized carbons (Fsp3) is 0.357. The van der Waals surface area contributed by atoms with E-state index in [1.54, 1.807) is 13.3 Å². The predicted octanol–water partition coefficient (Wildman–Crippen LogP) is 2.89. The number of nitrogens with zero attached hydrogens (tertiary/aromatic N) is 1. The predicted molar refractivity (Wildman–Crippen MR) is 74.1 cm³/mol. The maximum atomic E-state index is 13.4. The quantitative estimate of drug-likeness (QED) is 0.568. The number of pyridine rings is 1. The molecular weight excluding hydrogens is 228 g/mol. The van der Waals surface area contributed by atoms with Crippen molar-refractivity contribution in [3.05, 3.63) is 41.8 Å². The summed E-state index contributed by atoms with van der Waals surface area (Å²) in [6.07, 6.45) is 2.92. The highest BCUT2D eigenvalue weighted by atomic mass is 19.1. The van der Waals surface area contributed by atoms with Gasteiger partial charge in [0, 0.05) is 5.59 Å². The van der Waals surface area contributed by atoms with Crippen molar-refractivity contribution in [3.8, 4) is 5.88 Å². The molecule has 0 unspecified atom stereocenters. The van der Waals surface area contributed by atoms with Crippen LogP contribution in [-0.2, 0) is 0 Å². The molecule has 1 radical (unpaired) electrons. The zero-order valence-corrected chi connectivity index (χ0v) is 11.2. The van der Waals surface area contributed by atoms with Crippen LogP contribution in [0.2, 0.25) is 6.82 Å². The van der Waals surface area contributed by atoms with E-state index >= 15 is 0 Å². The first-order chi connectivity index (χ1) is 8.56. The minimum absolute atomic E-state index is 0.0225. The number of hydrogen-bond acceptors (Lipinski definition) is 2. The molecule has 0 saturated carbocycles. The summed E-state index contributed by atoms with van der Waals surface area (Å²) in [5.41, 5.74) is 2.71. The molecule has 2 nitrogen and oxygen atoms in total. The Bertz CT molecular complexity index is 457. The molecule has 0 aliphatic heterocycles. The largest absolute Gasteiger partial charge is 0.471 e. The fourth-order valence-electron chi connectivity index (χ4n) is 1.35. The molecule has 1 aromatic rings. The van der Waals surface area contributed by atoms with Gasteiger partial charge in [0.2, 0.25) is 5.88 Å². The van der Waals surface area contributed by atoms with Crippen molar-refractivity contribution in [2.24, 2.45) is 0 Å². The van der Waals surface area contributed by atoms with Crippen molar-refractivity contribution < 1.29 is 9.13 Å². The monoisotopic (exact) mass is 246 g/mol. The van der Waals surface area contributed by atoms with Gasteiger partial charge in [0.25, 0.3) is 0 Å². The minimum atomic E-state index is -0.454. The Labute approximate surface area is 109 Å². The maximum absolute atomic E-state index is 13.4. The molecule has 95 valence electrons. The first kappa shape index (κ1) is 14.5. The first-order valence-electron chi connectivity index (χ1n) is 6.00. The van der Waals surface area contributed by atoms with Gasteiger partial charge >= 0.3 is 0 Å². The van der Waals surface area contributed by atoms with E-state index in [4.69, 9.17) is 4.74 Å². The molecule has 0 bridgehead atoms. The Kier molecular flexibility index (Phi) is 5.63. The van der Waals surface area contributed by atoms with Crippen LogP contribution in [0.1, 0.15) is 20.3 Å². The Morgan fingerprint density at radius 3 is 2.89 bits per heavy atom. The number of allylic oxidation sites excluding steroid dienone is 1. The van der Waals surface area contributed by atoms with Crippen LogP contribution in [0, 0.1) is 5.82 Å². The third kappa shape index (κ3) is 4.36. The topological polar surface area (TPSA) is 22.1 Å². The van der Waals surface area contributed by atoms with E-state index in [1.807, 2.05) is 19.8 Å². The second-order valence-corrected chi connectivity index (χ2v) is 4.10.